The van der Waals surface area contributed by atoms with Gasteiger partial charge >= 0.3 is 152 Å². The maximum atomic E-state index is 2.63. The molecule has 1 rings (SSSR count). The summed E-state index contributed by atoms with van der Waals surface area (Å²) in [6.45, 7) is 12.2. The van der Waals surface area contributed by atoms with E-state index >= 15 is 0 Å². The molecule has 0 aromatic heterocycles. The minimum atomic E-state index is -1.93. The molecule has 1 aliphatic carbocycles. The third-order valence-corrected chi connectivity index (χ3v) is 22.6. The Morgan fingerprint density at radius 3 is 1.91 bits per heavy atom. The van der Waals surface area contributed by atoms with E-state index in [2.05, 4.69) is 40.7 Å². The topological polar surface area (TPSA) is 0 Å². The molecular formula is C22H44Sn. The molecule has 0 amide bonds. The van der Waals surface area contributed by atoms with Gasteiger partial charge in [-0.25, -0.2) is 0 Å². The molecule has 0 radical (unpaired) electrons. The predicted molar refractivity (Wildman–Crippen MR) is 110 cm³/mol. The van der Waals surface area contributed by atoms with Gasteiger partial charge in [0.05, 0.1) is 0 Å². The van der Waals surface area contributed by atoms with Gasteiger partial charge in [-0.2, -0.15) is 0 Å². The van der Waals surface area contributed by atoms with Crippen molar-refractivity contribution in [3.05, 3.63) is 11.6 Å². The van der Waals surface area contributed by atoms with Crippen molar-refractivity contribution in [2.24, 2.45) is 11.8 Å². The number of hydrogen-bond acceptors (Lipinski definition) is 0. The van der Waals surface area contributed by atoms with Gasteiger partial charge in [0.15, 0.2) is 0 Å². The Kier molecular flexibility index (Phi) is 11.2. The van der Waals surface area contributed by atoms with E-state index in [4.69, 9.17) is 0 Å². The maximum absolute atomic E-state index is 2.63. The summed E-state index contributed by atoms with van der Waals surface area (Å²) in [6.07, 6.45) is 15.6. The van der Waals surface area contributed by atoms with Crippen molar-refractivity contribution in [1.82, 2.24) is 0 Å². The number of allylic oxidation sites excluding steroid dienone is 2. The zero-order chi connectivity index (χ0) is 17.1. The minimum absolute atomic E-state index is 0.906. The van der Waals surface area contributed by atoms with Crippen LogP contribution in [0.25, 0.3) is 0 Å². The SMILES string of the molecule is CCC[CH2][Sn]([CH2]CCC)([CH2]CCC)[CH2]C(C)C1=CCC(C)CC1. The van der Waals surface area contributed by atoms with Gasteiger partial charge in [0.1, 0.15) is 0 Å². The van der Waals surface area contributed by atoms with Gasteiger partial charge < -0.3 is 0 Å². The summed E-state index contributed by atoms with van der Waals surface area (Å²) >= 11 is -1.93. The van der Waals surface area contributed by atoms with Crippen LogP contribution in [0.5, 0.6) is 0 Å². The predicted octanol–water partition coefficient (Wildman–Crippen LogP) is 8.22. The molecule has 1 aliphatic rings. The molecule has 0 bridgehead atoms. The fraction of sp³-hybridized carbons (Fsp3) is 0.909. The summed E-state index contributed by atoms with van der Waals surface area (Å²) in [4.78, 5) is 0. The Morgan fingerprint density at radius 1 is 1.00 bits per heavy atom. The number of unbranched alkanes of at least 4 members (excludes halogenated alkanes) is 3. The van der Waals surface area contributed by atoms with E-state index in [9.17, 15) is 0 Å². The molecule has 0 heterocycles. The summed E-state index contributed by atoms with van der Waals surface area (Å²) in [7, 11) is 0. The van der Waals surface area contributed by atoms with E-state index in [0.717, 1.165) is 11.8 Å². The summed E-state index contributed by atoms with van der Waals surface area (Å²) in [6, 6.07) is 0. The Labute approximate surface area is 151 Å². The normalized spacial score (nSPS) is 20.4. The first-order valence-electron chi connectivity index (χ1n) is 10.8. The number of rotatable bonds is 12. The van der Waals surface area contributed by atoms with Crippen LogP contribution in [0.2, 0.25) is 17.7 Å². The molecule has 0 aliphatic heterocycles. The van der Waals surface area contributed by atoms with Crippen LogP contribution in [0.15, 0.2) is 11.6 Å². The van der Waals surface area contributed by atoms with E-state index < -0.39 is 18.4 Å². The Bertz CT molecular complexity index is 309. The summed E-state index contributed by atoms with van der Waals surface area (Å²) in [5.74, 6) is 1.84. The monoisotopic (exact) mass is 428 g/mol. The van der Waals surface area contributed by atoms with E-state index in [1.165, 1.54) is 57.8 Å². The van der Waals surface area contributed by atoms with Crippen molar-refractivity contribution >= 4 is 18.4 Å². The van der Waals surface area contributed by atoms with E-state index in [0.29, 0.717) is 0 Å². The molecule has 0 nitrogen and oxygen atoms in total. The molecule has 1 heteroatoms. The van der Waals surface area contributed by atoms with E-state index in [1.807, 2.05) is 5.57 Å². The summed E-state index contributed by atoms with van der Waals surface area (Å²) in [5.41, 5.74) is 1.84. The van der Waals surface area contributed by atoms with Crippen molar-refractivity contribution < 1.29 is 0 Å². The molecule has 0 fully saturated rings. The fourth-order valence-electron chi connectivity index (χ4n) is 4.55. The zero-order valence-corrected chi connectivity index (χ0v) is 19.8. The van der Waals surface area contributed by atoms with Crippen molar-refractivity contribution in [2.75, 3.05) is 0 Å². The molecule has 0 saturated carbocycles. The van der Waals surface area contributed by atoms with Gasteiger partial charge in [0.2, 0.25) is 0 Å². The average Bonchev–Trinajstić information content (AvgIpc) is 2.56. The molecule has 2 atom stereocenters. The van der Waals surface area contributed by atoms with E-state index in [-0.39, 0.29) is 0 Å². The standard InChI is InChI=1S/C10H17.3C4H9.Sn/c1-8(2)10-6-4-9(3)5-7-10;3*1-3-4-2;/h6,8-9H,1,4-5,7H2,2-3H3;3*1,3-4H2,2H3;. The van der Waals surface area contributed by atoms with Crippen molar-refractivity contribution in [3.63, 3.8) is 0 Å². The molecule has 0 N–H and O–H groups in total. The number of hydrogen-bond donors (Lipinski definition) is 0. The summed E-state index contributed by atoms with van der Waals surface area (Å²) < 4.78 is 6.70. The van der Waals surface area contributed by atoms with Crippen LogP contribution in [0.1, 0.15) is 92.4 Å². The van der Waals surface area contributed by atoms with Crippen LogP contribution in [-0.2, 0) is 0 Å². The molecular weight excluding hydrogens is 383 g/mol. The third kappa shape index (κ3) is 7.97. The zero-order valence-electron chi connectivity index (χ0n) is 16.9. The van der Waals surface area contributed by atoms with Crippen LogP contribution in [0.4, 0.5) is 0 Å². The first kappa shape index (κ1) is 21.6. The van der Waals surface area contributed by atoms with Gasteiger partial charge in [-0.3, -0.25) is 0 Å². The first-order chi connectivity index (χ1) is 11.1. The van der Waals surface area contributed by atoms with E-state index in [1.54, 1.807) is 17.7 Å². The van der Waals surface area contributed by atoms with Crippen LogP contribution >= 0.6 is 0 Å². The Hall–Kier alpha value is 0.539. The molecule has 0 aromatic carbocycles. The average molecular weight is 427 g/mol. The quantitative estimate of drug-likeness (QED) is 0.217. The van der Waals surface area contributed by atoms with Crippen LogP contribution in [0.3, 0.4) is 0 Å². The molecule has 2 unspecified atom stereocenters. The molecule has 0 saturated heterocycles. The van der Waals surface area contributed by atoms with Gasteiger partial charge in [-0.05, 0) is 0 Å². The van der Waals surface area contributed by atoms with Crippen LogP contribution in [0, 0.1) is 11.8 Å². The first-order valence-corrected chi connectivity index (χ1v) is 18.8. The van der Waals surface area contributed by atoms with Crippen LogP contribution in [-0.4, -0.2) is 18.4 Å². The second-order valence-electron chi connectivity index (χ2n) is 8.57. The van der Waals surface area contributed by atoms with Gasteiger partial charge in [-0.15, -0.1) is 0 Å². The van der Waals surface area contributed by atoms with Crippen LogP contribution < -0.4 is 0 Å². The van der Waals surface area contributed by atoms with Gasteiger partial charge in [0, 0.05) is 0 Å². The molecule has 0 spiro atoms. The third-order valence-electron chi connectivity index (χ3n) is 6.26. The second-order valence-corrected chi connectivity index (χ2v) is 22.6. The van der Waals surface area contributed by atoms with Crippen molar-refractivity contribution in [3.8, 4) is 0 Å². The second kappa shape index (κ2) is 12.0. The van der Waals surface area contributed by atoms with Gasteiger partial charge in [0.25, 0.3) is 0 Å². The molecule has 136 valence electrons. The molecule has 0 aromatic rings. The Morgan fingerprint density at radius 2 is 1.52 bits per heavy atom. The van der Waals surface area contributed by atoms with Gasteiger partial charge in [-0.1, -0.05) is 0 Å². The van der Waals surface area contributed by atoms with Crippen molar-refractivity contribution in [2.45, 2.75) is 110 Å². The van der Waals surface area contributed by atoms with Crippen molar-refractivity contribution in [1.29, 1.82) is 0 Å². The fourth-order valence-corrected chi connectivity index (χ4v) is 22.3. The molecule has 23 heavy (non-hydrogen) atoms. The Balaban J connectivity index is 2.78. The summed E-state index contributed by atoms with van der Waals surface area (Å²) in [5, 5.41) is 0.